The molecule has 18 heavy (non-hydrogen) atoms. The minimum atomic E-state index is 0.191. The van der Waals surface area contributed by atoms with Gasteiger partial charge in [0.15, 0.2) is 0 Å². The van der Waals surface area contributed by atoms with Crippen LogP contribution in [0.1, 0.15) is 72.6 Å². The largest absolute Gasteiger partial charge is 0.375 e. The molecule has 1 aliphatic heterocycles. The van der Waals surface area contributed by atoms with E-state index in [1.54, 1.807) is 0 Å². The highest BCUT2D eigenvalue weighted by Crippen LogP contribution is 2.64. The smallest absolute Gasteiger partial charge is 0.0687 e. The predicted molar refractivity (Wildman–Crippen MR) is 75.5 cm³/mol. The van der Waals surface area contributed by atoms with Crippen molar-refractivity contribution in [1.82, 2.24) is 0 Å². The van der Waals surface area contributed by atoms with Gasteiger partial charge in [0.25, 0.3) is 0 Å². The van der Waals surface area contributed by atoms with Crippen molar-refractivity contribution in [1.29, 1.82) is 0 Å². The summed E-state index contributed by atoms with van der Waals surface area (Å²) in [6.07, 6.45) is 9.65. The Labute approximate surface area is 113 Å². The molecule has 0 bridgehead atoms. The summed E-state index contributed by atoms with van der Waals surface area (Å²) >= 11 is 0. The van der Waals surface area contributed by atoms with Crippen molar-refractivity contribution in [2.75, 3.05) is 6.61 Å². The zero-order chi connectivity index (χ0) is 13.0. The predicted octanol–water partition coefficient (Wildman–Crippen LogP) is 4.80. The molecule has 0 aromatic carbocycles. The van der Waals surface area contributed by atoms with E-state index in [1.165, 1.54) is 44.9 Å². The highest BCUT2D eigenvalue weighted by molar-refractivity contribution is 5.08. The van der Waals surface area contributed by atoms with Crippen LogP contribution in [0.15, 0.2) is 0 Å². The summed E-state index contributed by atoms with van der Waals surface area (Å²) < 4.78 is 6.25. The van der Waals surface area contributed by atoms with Gasteiger partial charge in [0.05, 0.1) is 5.60 Å². The SMILES string of the molecule is CC1(C)CCC[C@]2(C)C3CCCO[C@]3(C)CC[C@H]12. The molecule has 0 aromatic heterocycles. The number of rotatable bonds is 0. The lowest BCUT2D eigenvalue weighted by atomic mass is 9.45. The van der Waals surface area contributed by atoms with Gasteiger partial charge in [-0.15, -0.1) is 0 Å². The molecule has 3 aliphatic rings. The summed E-state index contributed by atoms with van der Waals surface area (Å²) in [5.41, 5.74) is 1.28. The third kappa shape index (κ3) is 1.69. The Hall–Kier alpha value is -0.0400. The summed E-state index contributed by atoms with van der Waals surface area (Å²) in [5, 5.41) is 0. The third-order valence-corrected chi connectivity index (χ3v) is 6.81. The molecule has 0 spiro atoms. The molecule has 1 nitrogen and oxygen atoms in total. The van der Waals surface area contributed by atoms with Crippen molar-refractivity contribution in [3.05, 3.63) is 0 Å². The van der Waals surface area contributed by atoms with E-state index < -0.39 is 0 Å². The van der Waals surface area contributed by atoms with Crippen LogP contribution in [0.5, 0.6) is 0 Å². The van der Waals surface area contributed by atoms with Crippen LogP contribution in [-0.4, -0.2) is 12.2 Å². The van der Waals surface area contributed by atoms with E-state index >= 15 is 0 Å². The first kappa shape index (κ1) is 13.0. The van der Waals surface area contributed by atoms with Crippen LogP contribution in [0.4, 0.5) is 0 Å². The van der Waals surface area contributed by atoms with Gasteiger partial charge >= 0.3 is 0 Å². The zero-order valence-corrected chi connectivity index (χ0v) is 12.7. The van der Waals surface area contributed by atoms with E-state index in [0.717, 1.165) is 18.4 Å². The van der Waals surface area contributed by atoms with Crippen LogP contribution in [0.25, 0.3) is 0 Å². The van der Waals surface area contributed by atoms with Gasteiger partial charge in [-0.1, -0.05) is 27.2 Å². The number of hydrogen-bond donors (Lipinski definition) is 0. The molecule has 1 unspecified atom stereocenters. The molecule has 0 aromatic rings. The van der Waals surface area contributed by atoms with E-state index in [1.807, 2.05) is 0 Å². The lowest BCUT2D eigenvalue weighted by Crippen LogP contribution is -2.59. The highest BCUT2D eigenvalue weighted by atomic mass is 16.5. The summed E-state index contributed by atoms with van der Waals surface area (Å²) in [6, 6.07) is 0. The van der Waals surface area contributed by atoms with Gasteiger partial charge in [0, 0.05) is 6.61 Å². The van der Waals surface area contributed by atoms with Crippen LogP contribution in [0.2, 0.25) is 0 Å². The Morgan fingerprint density at radius 2 is 1.61 bits per heavy atom. The summed E-state index contributed by atoms with van der Waals surface area (Å²) in [7, 11) is 0. The summed E-state index contributed by atoms with van der Waals surface area (Å²) in [4.78, 5) is 0. The lowest BCUT2D eigenvalue weighted by Gasteiger charge is -2.63. The quantitative estimate of drug-likeness (QED) is 0.600. The van der Waals surface area contributed by atoms with E-state index in [4.69, 9.17) is 4.74 Å². The lowest BCUT2D eigenvalue weighted by molar-refractivity contribution is -0.212. The van der Waals surface area contributed by atoms with Crippen LogP contribution < -0.4 is 0 Å². The fourth-order valence-corrected chi connectivity index (χ4v) is 6.01. The van der Waals surface area contributed by atoms with Crippen molar-refractivity contribution in [2.24, 2.45) is 22.7 Å². The maximum atomic E-state index is 6.25. The highest BCUT2D eigenvalue weighted by Gasteiger charge is 2.59. The molecule has 4 atom stereocenters. The number of fused-ring (bicyclic) bond motifs is 3. The first-order valence-corrected chi connectivity index (χ1v) is 8.02. The third-order valence-electron chi connectivity index (χ3n) is 6.81. The van der Waals surface area contributed by atoms with Crippen molar-refractivity contribution >= 4 is 0 Å². The first-order chi connectivity index (χ1) is 8.39. The molecule has 3 fully saturated rings. The van der Waals surface area contributed by atoms with Crippen LogP contribution in [-0.2, 0) is 4.74 Å². The van der Waals surface area contributed by atoms with Gasteiger partial charge in [-0.25, -0.2) is 0 Å². The van der Waals surface area contributed by atoms with Gasteiger partial charge in [0.1, 0.15) is 0 Å². The average Bonchev–Trinajstić information content (AvgIpc) is 2.27. The van der Waals surface area contributed by atoms with E-state index in [9.17, 15) is 0 Å². The van der Waals surface area contributed by atoms with Gasteiger partial charge < -0.3 is 4.74 Å². The maximum absolute atomic E-state index is 6.25. The van der Waals surface area contributed by atoms with Crippen molar-refractivity contribution in [2.45, 2.75) is 78.2 Å². The Kier molecular flexibility index (Phi) is 2.86. The standard InChI is InChI=1S/C17H30O/c1-15(2)9-6-10-16(3)13(15)8-11-17(4)14(16)7-5-12-18-17/h13-14H,5-12H2,1-4H3/t13-,14?,16+,17-/m1/s1. The van der Waals surface area contributed by atoms with E-state index in [-0.39, 0.29) is 5.60 Å². The molecule has 2 aliphatic carbocycles. The minimum absolute atomic E-state index is 0.191. The second-order valence-corrected chi connectivity index (χ2v) is 8.30. The topological polar surface area (TPSA) is 9.23 Å². The fraction of sp³-hybridized carbons (Fsp3) is 1.00. The van der Waals surface area contributed by atoms with E-state index in [2.05, 4.69) is 27.7 Å². The summed E-state index contributed by atoms with van der Waals surface area (Å²) in [6.45, 7) is 11.0. The van der Waals surface area contributed by atoms with Gasteiger partial charge in [-0.3, -0.25) is 0 Å². The van der Waals surface area contributed by atoms with Gasteiger partial charge in [0.2, 0.25) is 0 Å². The van der Waals surface area contributed by atoms with Crippen LogP contribution in [0, 0.1) is 22.7 Å². The Morgan fingerprint density at radius 3 is 2.39 bits per heavy atom. The molecule has 0 amide bonds. The van der Waals surface area contributed by atoms with Crippen LogP contribution in [0.3, 0.4) is 0 Å². The van der Waals surface area contributed by atoms with Crippen molar-refractivity contribution in [3.8, 4) is 0 Å². The van der Waals surface area contributed by atoms with Crippen molar-refractivity contribution in [3.63, 3.8) is 0 Å². The Morgan fingerprint density at radius 1 is 0.833 bits per heavy atom. The van der Waals surface area contributed by atoms with E-state index in [0.29, 0.717) is 10.8 Å². The fourth-order valence-electron chi connectivity index (χ4n) is 6.01. The Bertz CT molecular complexity index is 335. The number of hydrogen-bond acceptors (Lipinski definition) is 1. The molecular weight excluding hydrogens is 220 g/mol. The molecule has 1 heteroatoms. The molecule has 3 rings (SSSR count). The molecule has 2 saturated carbocycles. The van der Waals surface area contributed by atoms with Gasteiger partial charge in [-0.2, -0.15) is 0 Å². The molecular formula is C17H30O. The first-order valence-electron chi connectivity index (χ1n) is 8.02. The monoisotopic (exact) mass is 250 g/mol. The maximum Gasteiger partial charge on any atom is 0.0687 e. The summed E-state index contributed by atoms with van der Waals surface area (Å²) in [5.74, 6) is 1.72. The molecule has 0 N–H and O–H groups in total. The minimum Gasteiger partial charge on any atom is -0.375 e. The molecule has 104 valence electrons. The zero-order valence-electron chi connectivity index (χ0n) is 12.7. The normalized spacial score (nSPS) is 51.3. The van der Waals surface area contributed by atoms with Crippen LogP contribution >= 0.6 is 0 Å². The second kappa shape index (κ2) is 3.98. The molecule has 1 heterocycles. The molecule has 1 saturated heterocycles. The molecule has 0 radical (unpaired) electrons. The average molecular weight is 250 g/mol. The van der Waals surface area contributed by atoms with Gasteiger partial charge in [-0.05, 0) is 68.1 Å². The van der Waals surface area contributed by atoms with Crippen molar-refractivity contribution < 1.29 is 4.74 Å². The Balaban J connectivity index is 1.96. The second-order valence-electron chi connectivity index (χ2n) is 8.30. The number of ether oxygens (including phenoxy) is 1.